The molecule has 2 heterocycles. The van der Waals surface area contributed by atoms with Crippen molar-refractivity contribution in [2.24, 2.45) is 7.05 Å². The van der Waals surface area contributed by atoms with Crippen molar-refractivity contribution < 1.29 is 18.3 Å². The van der Waals surface area contributed by atoms with Crippen LogP contribution in [0, 0.1) is 4.77 Å². The number of halogens is 2. The maximum absolute atomic E-state index is 12.5. The quantitative estimate of drug-likeness (QED) is 0.623. The molecule has 3 rings (SSSR count). The van der Waals surface area contributed by atoms with E-state index in [1.807, 2.05) is 11.6 Å². The molecule has 1 aliphatic heterocycles. The first-order chi connectivity index (χ1) is 13.0. The number of alkyl halides is 2. The molecule has 1 fully saturated rings. The van der Waals surface area contributed by atoms with Gasteiger partial charge in [0, 0.05) is 37.7 Å². The maximum atomic E-state index is 12.5. The molecule has 0 bridgehead atoms. The molecule has 1 aliphatic rings. The monoisotopic (exact) mass is 394 g/mol. The number of aromatic nitrogens is 3. The Morgan fingerprint density at radius 1 is 1.37 bits per heavy atom. The van der Waals surface area contributed by atoms with E-state index >= 15 is 0 Å². The molecule has 0 unspecified atom stereocenters. The Bertz CT molecular complexity index is 885. The first-order valence-electron chi connectivity index (χ1n) is 8.58. The molecule has 0 atom stereocenters. The molecule has 2 aromatic rings. The standard InChI is InChI=1S/C18H20F2N4O2S/c1-23-16(21-22-18(23)27)13-8-10-24(11-9-13)15(25)7-6-12-4-2-3-5-14(12)26-17(19)20/h2-7,13,17H,8-11H2,1H3,(H,22,27). The molecule has 1 aromatic heterocycles. The van der Waals surface area contributed by atoms with E-state index in [-0.39, 0.29) is 17.6 Å². The maximum Gasteiger partial charge on any atom is 0.387 e. The Balaban J connectivity index is 1.61. The molecule has 0 radical (unpaired) electrons. The van der Waals surface area contributed by atoms with E-state index in [1.165, 1.54) is 18.2 Å². The summed E-state index contributed by atoms with van der Waals surface area (Å²) in [5, 5.41) is 7.06. The fraction of sp³-hybridized carbons (Fsp3) is 0.389. The van der Waals surface area contributed by atoms with Crippen molar-refractivity contribution in [2.45, 2.75) is 25.4 Å². The largest absolute Gasteiger partial charge is 0.434 e. The predicted molar refractivity (Wildman–Crippen MR) is 99.1 cm³/mol. The zero-order valence-electron chi connectivity index (χ0n) is 14.8. The third kappa shape index (κ3) is 4.60. The number of rotatable bonds is 5. The molecule has 1 N–H and O–H groups in total. The number of carbonyl (C=O) groups excluding carboxylic acids is 1. The summed E-state index contributed by atoms with van der Waals surface area (Å²) in [4.78, 5) is 14.2. The van der Waals surface area contributed by atoms with Gasteiger partial charge in [0.1, 0.15) is 11.6 Å². The third-order valence-electron chi connectivity index (χ3n) is 4.63. The number of ether oxygens (including phenoxy) is 1. The molecule has 1 aromatic carbocycles. The van der Waals surface area contributed by atoms with Gasteiger partial charge in [0.05, 0.1) is 0 Å². The summed E-state index contributed by atoms with van der Waals surface area (Å²) in [7, 11) is 1.88. The second kappa shape index (κ2) is 8.43. The molecule has 0 saturated carbocycles. The zero-order chi connectivity index (χ0) is 19.4. The van der Waals surface area contributed by atoms with Crippen molar-refractivity contribution in [1.82, 2.24) is 19.7 Å². The van der Waals surface area contributed by atoms with Gasteiger partial charge in [0.2, 0.25) is 5.91 Å². The molecular formula is C18H20F2N4O2S. The van der Waals surface area contributed by atoms with Crippen molar-refractivity contribution in [3.63, 3.8) is 0 Å². The van der Waals surface area contributed by atoms with E-state index in [1.54, 1.807) is 23.1 Å². The number of nitrogens with one attached hydrogen (secondary N) is 1. The molecule has 1 saturated heterocycles. The van der Waals surface area contributed by atoms with Crippen LogP contribution in [0.5, 0.6) is 5.75 Å². The van der Waals surface area contributed by atoms with Crippen LogP contribution in [-0.2, 0) is 11.8 Å². The van der Waals surface area contributed by atoms with Gasteiger partial charge in [-0.05, 0) is 37.2 Å². The molecule has 0 aliphatic carbocycles. The molecule has 0 spiro atoms. The van der Waals surface area contributed by atoms with Gasteiger partial charge in [-0.3, -0.25) is 9.89 Å². The van der Waals surface area contributed by atoms with Gasteiger partial charge in [0.25, 0.3) is 0 Å². The highest BCUT2D eigenvalue weighted by Crippen LogP contribution is 2.27. The molecule has 6 nitrogen and oxygen atoms in total. The van der Waals surface area contributed by atoms with Gasteiger partial charge in [-0.2, -0.15) is 13.9 Å². The van der Waals surface area contributed by atoms with Crippen LogP contribution >= 0.6 is 12.2 Å². The highest BCUT2D eigenvalue weighted by atomic mass is 32.1. The minimum absolute atomic E-state index is 0.0426. The number of piperidine rings is 1. The second-order valence-corrected chi connectivity index (χ2v) is 6.68. The highest BCUT2D eigenvalue weighted by Gasteiger charge is 2.25. The van der Waals surface area contributed by atoms with Gasteiger partial charge in [-0.25, -0.2) is 0 Å². The van der Waals surface area contributed by atoms with Crippen molar-refractivity contribution in [3.05, 3.63) is 46.5 Å². The van der Waals surface area contributed by atoms with Crippen molar-refractivity contribution in [2.75, 3.05) is 13.1 Å². The number of hydrogen-bond donors (Lipinski definition) is 1. The lowest BCUT2D eigenvalue weighted by Crippen LogP contribution is -2.37. The normalized spacial score (nSPS) is 15.6. The van der Waals surface area contributed by atoms with E-state index in [9.17, 15) is 13.6 Å². The van der Waals surface area contributed by atoms with Gasteiger partial charge < -0.3 is 14.2 Å². The number of nitrogens with zero attached hydrogens (tertiary/aromatic N) is 3. The van der Waals surface area contributed by atoms with E-state index in [0.717, 1.165) is 18.7 Å². The molecule has 9 heteroatoms. The second-order valence-electron chi connectivity index (χ2n) is 6.30. The van der Waals surface area contributed by atoms with Crippen LogP contribution in [0.15, 0.2) is 30.3 Å². The van der Waals surface area contributed by atoms with Crippen LogP contribution in [0.2, 0.25) is 0 Å². The molecule has 1 amide bonds. The zero-order valence-corrected chi connectivity index (χ0v) is 15.6. The lowest BCUT2D eigenvalue weighted by Gasteiger charge is -2.30. The van der Waals surface area contributed by atoms with Crippen LogP contribution < -0.4 is 4.74 Å². The van der Waals surface area contributed by atoms with Gasteiger partial charge in [0.15, 0.2) is 4.77 Å². The van der Waals surface area contributed by atoms with Gasteiger partial charge >= 0.3 is 6.61 Å². The number of benzene rings is 1. The predicted octanol–water partition coefficient (Wildman–Crippen LogP) is 3.50. The summed E-state index contributed by atoms with van der Waals surface area (Å²) in [6, 6.07) is 6.37. The molecule has 144 valence electrons. The summed E-state index contributed by atoms with van der Waals surface area (Å²) < 4.78 is 31.8. The summed E-state index contributed by atoms with van der Waals surface area (Å²) in [6.07, 6.45) is 4.48. The minimum Gasteiger partial charge on any atom is -0.434 e. The van der Waals surface area contributed by atoms with Crippen LogP contribution in [0.4, 0.5) is 8.78 Å². The average Bonchev–Trinajstić information content (AvgIpc) is 2.99. The number of H-pyrrole nitrogens is 1. The van der Waals surface area contributed by atoms with Crippen LogP contribution in [0.25, 0.3) is 6.08 Å². The van der Waals surface area contributed by atoms with E-state index in [2.05, 4.69) is 14.9 Å². The Morgan fingerprint density at radius 2 is 2.07 bits per heavy atom. The Labute approximate surface area is 160 Å². The highest BCUT2D eigenvalue weighted by molar-refractivity contribution is 7.71. The number of carbonyl (C=O) groups is 1. The Morgan fingerprint density at radius 3 is 2.70 bits per heavy atom. The summed E-state index contributed by atoms with van der Waals surface area (Å²) in [6.45, 7) is -1.71. The number of likely N-dealkylation sites (tertiary alicyclic amines) is 1. The first-order valence-corrected chi connectivity index (χ1v) is 8.98. The van der Waals surface area contributed by atoms with Crippen molar-refractivity contribution >= 4 is 24.2 Å². The van der Waals surface area contributed by atoms with E-state index < -0.39 is 6.61 Å². The summed E-state index contributed by atoms with van der Waals surface area (Å²) in [5.74, 6) is 1.04. The lowest BCUT2D eigenvalue weighted by atomic mass is 9.96. The smallest absolute Gasteiger partial charge is 0.387 e. The fourth-order valence-corrected chi connectivity index (χ4v) is 3.31. The van der Waals surface area contributed by atoms with Crippen LogP contribution in [-0.4, -0.2) is 45.3 Å². The summed E-state index contributed by atoms with van der Waals surface area (Å²) >= 11 is 5.14. The topological polar surface area (TPSA) is 63.1 Å². The van der Waals surface area contributed by atoms with Crippen LogP contribution in [0.3, 0.4) is 0 Å². The average molecular weight is 394 g/mol. The summed E-state index contributed by atoms with van der Waals surface area (Å²) in [5.41, 5.74) is 0.433. The SMILES string of the molecule is Cn1c(C2CCN(C(=O)C=Cc3ccccc3OC(F)F)CC2)n[nH]c1=S. The number of amides is 1. The van der Waals surface area contributed by atoms with Crippen molar-refractivity contribution in [1.29, 1.82) is 0 Å². The number of aromatic amines is 1. The van der Waals surface area contributed by atoms with Crippen molar-refractivity contribution in [3.8, 4) is 5.75 Å². The fourth-order valence-electron chi connectivity index (χ4n) is 3.17. The van der Waals surface area contributed by atoms with Gasteiger partial charge in [-0.1, -0.05) is 18.2 Å². The van der Waals surface area contributed by atoms with E-state index in [4.69, 9.17) is 12.2 Å². The molecule has 27 heavy (non-hydrogen) atoms. The number of para-hydroxylation sites is 1. The molecular weight excluding hydrogens is 374 g/mol. The van der Waals surface area contributed by atoms with Gasteiger partial charge in [-0.15, -0.1) is 0 Å². The lowest BCUT2D eigenvalue weighted by molar-refractivity contribution is -0.127. The van der Waals surface area contributed by atoms with E-state index in [0.29, 0.717) is 23.4 Å². The van der Waals surface area contributed by atoms with Crippen LogP contribution in [0.1, 0.15) is 30.1 Å². The Hall–Kier alpha value is -2.55. The number of hydrogen-bond acceptors (Lipinski definition) is 4. The first kappa shape index (κ1) is 19.2. The Kier molecular flexibility index (Phi) is 6.00. The minimum atomic E-state index is -2.91. The third-order valence-corrected chi connectivity index (χ3v) is 4.99.